The van der Waals surface area contributed by atoms with Gasteiger partial charge in [0.05, 0.1) is 13.0 Å². The van der Waals surface area contributed by atoms with E-state index in [1.807, 2.05) is 6.92 Å². The van der Waals surface area contributed by atoms with Crippen molar-refractivity contribution in [2.75, 3.05) is 13.2 Å². The average Bonchev–Trinajstić information content (AvgIpc) is 2.18. The zero-order valence-electron chi connectivity index (χ0n) is 10.7. The summed E-state index contributed by atoms with van der Waals surface area (Å²) in [5.74, 6) is -0.0910. The number of nitrogens with zero attached hydrogens (tertiary/aromatic N) is 1. The number of ether oxygens (including phenoxy) is 1. The molecule has 0 aliphatic rings. The zero-order chi connectivity index (χ0) is 11.8. The van der Waals surface area contributed by atoms with Crippen LogP contribution in [0.2, 0.25) is 0 Å². The van der Waals surface area contributed by atoms with Gasteiger partial charge in [-0.25, -0.2) is 0 Å². The average molecular weight is 215 g/mol. The van der Waals surface area contributed by atoms with E-state index in [1.165, 1.54) is 0 Å². The number of esters is 1. The van der Waals surface area contributed by atoms with Crippen molar-refractivity contribution in [3.8, 4) is 0 Å². The summed E-state index contributed by atoms with van der Waals surface area (Å²) in [5.41, 5.74) is 0. The molecule has 0 saturated heterocycles. The van der Waals surface area contributed by atoms with Gasteiger partial charge in [0.1, 0.15) is 0 Å². The molecule has 0 bridgehead atoms. The van der Waals surface area contributed by atoms with E-state index in [4.69, 9.17) is 4.74 Å². The van der Waals surface area contributed by atoms with Crippen LogP contribution in [0, 0.1) is 0 Å². The summed E-state index contributed by atoms with van der Waals surface area (Å²) in [5, 5.41) is 0. The highest BCUT2D eigenvalue weighted by Crippen LogP contribution is 2.11. The van der Waals surface area contributed by atoms with Crippen LogP contribution in [0.25, 0.3) is 0 Å². The molecule has 0 aliphatic heterocycles. The number of rotatable bonds is 7. The van der Waals surface area contributed by atoms with Gasteiger partial charge in [0, 0.05) is 12.1 Å². The van der Waals surface area contributed by atoms with Gasteiger partial charge in [0.15, 0.2) is 0 Å². The molecule has 90 valence electrons. The maximum absolute atomic E-state index is 11.3. The largest absolute Gasteiger partial charge is 0.466 e. The normalized spacial score (nSPS) is 15.1. The van der Waals surface area contributed by atoms with Crippen LogP contribution in [0.3, 0.4) is 0 Å². The van der Waals surface area contributed by atoms with Gasteiger partial charge >= 0.3 is 5.97 Å². The van der Waals surface area contributed by atoms with E-state index in [0.717, 1.165) is 13.0 Å². The second kappa shape index (κ2) is 7.69. The number of hydrogen-bond acceptors (Lipinski definition) is 3. The molecule has 0 radical (unpaired) electrons. The Hall–Kier alpha value is -0.570. The first kappa shape index (κ1) is 14.4. The highest BCUT2D eigenvalue weighted by atomic mass is 16.5. The van der Waals surface area contributed by atoms with E-state index in [1.54, 1.807) is 0 Å². The SMILES string of the molecule is CCOC(=O)CC(C)N(CC)C(C)CC. The van der Waals surface area contributed by atoms with E-state index < -0.39 is 0 Å². The third-order valence-corrected chi connectivity index (χ3v) is 2.86. The van der Waals surface area contributed by atoms with Gasteiger partial charge in [-0.3, -0.25) is 9.69 Å². The molecule has 3 nitrogen and oxygen atoms in total. The van der Waals surface area contributed by atoms with E-state index in [9.17, 15) is 4.79 Å². The minimum atomic E-state index is -0.0910. The molecule has 0 saturated carbocycles. The summed E-state index contributed by atoms with van der Waals surface area (Å²) in [4.78, 5) is 13.7. The molecule has 0 N–H and O–H groups in total. The van der Waals surface area contributed by atoms with Gasteiger partial charge in [-0.05, 0) is 33.7 Å². The maximum Gasteiger partial charge on any atom is 0.307 e. The van der Waals surface area contributed by atoms with Crippen LogP contribution < -0.4 is 0 Å². The Labute approximate surface area is 93.8 Å². The molecule has 15 heavy (non-hydrogen) atoms. The van der Waals surface area contributed by atoms with Crippen LogP contribution in [0.5, 0.6) is 0 Å². The van der Waals surface area contributed by atoms with Crippen molar-refractivity contribution in [2.24, 2.45) is 0 Å². The summed E-state index contributed by atoms with van der Waals surface area (Å²) in [6, 6.07) is 0.795. The molecule has 0 aromatic carbocycles. The predicted molar refractivity (Wildman–Crippen MR) is 62.8 cm³/mol. The number of carbonyl (C=O) groups is 1. The molecular weight excluding hydrogens is 190 g/mol. The molecule has 0 heterocycles. The summed E-state index contributed by atoms with van der Waals surface area (Å²) in [6.45, 7) is 11.9. The first-order chi connectivity index (χ1) is 7.06. The maximum atomic E-state index is 11.3. The Morgan fingerprint density at radius 3 is 2.20 bits per heavy atom. The molecule has 0 aromatic rings. The van der Waals surface area contributed by atoms with Gasteiger partial charge in [-0.2, -0.15) is 0 Å². The minimum absolute atomic E-state index is 0.0910. The number of hydrogen-bond donors (Lipinski definition) is 0. The molecule has 0 amide bonds. The quantitative estimate of drug-likeness (QED) is 0.611. The molecule has 2 atom stereocenters. The van der Waals surface area contributed by atoms with Gasteiger partial charge in [-0.15, -0.1) is 0 Å². The molecule has 0 fully saturated rings. The molecule has 0 aromatic heterocycles. The van der Waals surface area contributed by atoms with E-state index >= 15 is 0 Å². The minimum Gasteiger partial charge on any atom is -0.466 e. The monoisotopic (exact) mass is 215 g/mol. The van der Waals surface area contributed by atoms with Crippen molar-refractivity contribution >= 4 is 5.97 Å². The van der Waals surface area contributed by atoms with Crippen LogP contribution in [-0.4, -0.2) is 36.1 Å². The lowest BCUT2D eigenvalue weighted by atomic mass is 10.1. The fourth-order valence-electron chi connectivity index (χ4n) is 1.87. The Kier molecular flexibility index (Phi) is 7.39. The van der Waals surface area contributed by atoms with Crippen molar-refractivity contribution in [3.05, 3.63) is 0 Å². The lowest BCUT2D eigenvalue weighted by Gasteiger charge is -2.32. The third kappa shape index (κ3) is 5.17. The fourth-order valence-corrected chi connectivity index (χ4v) is 1.87. The lowest BCUT2D eigenvalue weighted by Crippen LogP contribution is -2.41. The topological polar surface area (TPSA) is 29.5 Å². The van der Waals surface area contributed by atoms with E-state index in [0.29, 0.717) is 19.1 Å². The molecule has 3 heteroatoms. The van der Waals surface area contributed by atoms with Crippen molar-refractivity contribution < 1.29 is 9.53 Å². The summed E-state index contributed by atoms with van der Waals surface area (Å²) in [6.07, 6.45) is 1.60. The van der Waals surface area contributed by atoms with Gasteiger partial charge in [0.2, 0.25) is 0 Å². The Morgan fingerprint density at radius 1 is 1.20 bits per heavy atom. The van der Waals surface area contributed by atoms with Crippen molar-refractivity contribution in [1.29, 1.82) is 0 Å². The Morgan fingerprint density at radius 2 is 1.80 bits per heavy atom. The first-order valence-corrected chi connectivity index (χ1v) is 5.98. The van der Waals surface area contributed by atoms with Crippen LogP contribution in [0.4, 0.5) is 0 Å². The summed E-state index contributed by atoms with van der Waals surface area (Å²) < 4.78 is 4.95. The van der Waals surface area contributed by atoms with Gasteiger partial charge < -0.3 is 4.74 Å². The van der Waals surface area contributed by atoms with Gasteiger partial charge in [-0.1, -0.05) is 13.8 Å². The van der Waals surface area contributed by atoms with Crippen molar-refractivity contribution in [3.63, 3.8) is 0 Å². The zero-order valence-corrected chi connectivity index (χ0v) is 10.7. The molecule has 0 rings (SSSR count). The third-order valence-electron chi connectivity index (χ3n) is 2.86. The predicted octanol–water partition coefficient (Wildman–Crippen LogP) is 2.45. The summed E-state index contributed by atoms with van der Waals surface area (Å²) in [7, 11) is 0. The molecule has 0 aliphatic carbocycles. The van der Waals surface area contributed by atoms with Crippen molar-refractivity contribution in [2.45, 2.75) is 59.5 Å². The van der Waals surface area contributed by atoms with Crippen LogP contribution >= 0.6 is 0 Å². The standard InChI is InChI=1S/C12H25NO2/c1-6-10(4)13(7-2)11(5)9-12(14)15-8-3/h10-11H,6-9H2,1-5H3. The van der Waals surface area contributed by atoms with Crippen molar-refractivity contribution in [1.82, 2.24) is 4.90 Å². The fraction of sp³-hybridized carbons (Fsp3) is 0.917. The lowest BCUT2D eigenvalue weighted by molar-refractivity contribution is -0.144. The smallest absolute Gasteiger partial charge is 0.307 e. The first-order valence-electron chi connectivity index (χ1n) is 5.98. The molecular formula is C12H25NO2. The highest BCUT2D eigenvalue weighted by molar-refractivity contribution is 5.70. The Balaban J connectivity index is 4.14. The van der Waals surface area contributed by atoms with E-state index in [2.05, 4.69) is 32.6 Å². The van der Waals surface area contributed by atoms with Crippen LogP contribution in [-0.2, 0) is 9.53 Å². The Bertz CT molecular complexity index is 182. The summed E-state index contributed by atoms with van der Waals surface area (Å²) >= 11 is 0. The molecule has 2 unspecified atom stereocenters. The van der Waals surface area contributed by atoms with E-state index in [-0.39, 0.29) is 12.0 Å². The number of carbonyl (C=O) groups excluding carboxylic acids is 1. The second-order valence-corrected chi connectivity index (χ2v) is 3.95. The van der Waals surface area contributed by atoms with Gasteiger partial charge in [0.25, 0.3) is 0 Å². The van der Waals surface area contributed by atoms with Crippen LogP contribution in [0.15, 0.2) is 0 Å². The van der Waals surface area contributed by atoms with Crippen LogP contribution in [0.1, 0.15) is 47.5 Å². The highest BCUT2D eigenvalue weighted by Gasteiger charge is 2.20. The molecule has 0 spiro atoms. The second-order valence-electron chi connectivity index (χ2n) is 3.95.